The second-order valence-corrected chi connectivity index (χ2v) is 13.6. The molecular weight excluding hydrogens is 774 g/mol. The van der Waals surface area contributed by atoms with Gasteiger partial charge in [-0.1, -0.05) is 123 Å². The maximum atomic E-state index is 11.1. The fourth-order valence-corrected chi connectivity index (χ4v) is 4.16. The Morgan fingerprint density at radius 1 is 0.659 bits per heavy atom. The van der Waals surface area contributed by atoms with E-state index >= 15 is 0 Å². The van der Waals surface area contributed by atoms with Crippen LogP contribution in [0.5, 0.6) is 0 Å². The zero-order chi connectivity index (χ0) is 30.2. The van der Waals surface area contributed by atoms with Gasteiger partial charge in [-0.25, -0.2) is 24.1 Å². The van der Waals surface area contributed by atoms with E-state index in [1.165, 1.54) is 30.3 Å². The quantitative estimate of drug-likeness (QED) is 0.162. The third kappa shape index (κ3) is 9.03. The van der Waals surface area contributed by atoms with E-state index in [9.17, 15) is 9.59 Å². The molecule has 0 aliphatic rings. The zero-order valence-electron chi connectivity index (χ0n) is 18.6. The number of carbonyl (C=O) groups is 2. The number of carboxylic acid groups (broad SMARTS) is 1. The van der Waals surface area contributed by atoms with Gasteiger partial charge in [0.25, 0.3) is 11.1 Å². The number of carbonyl (C=O) groups excluding carboxylic acids is 1. The second kappa shape index (κ2) is 14.2. The zero-order valence-corrected chi connectivity index (χ0v) is 26.9. The van der Waals surface area contributed by atoms with E-state index in [-0.39, 0.29) is 34.9 Å². The van der Waals surface area contributed by atoms with Gasteiger partial charge in [0, 0.05) is 0 Å². The van der Waals surface area contributed by atoms with Crippen molar-refractivity contribution >= 4 is 139 Å². The van der Waals surface area contributed by atoms with Crippen LogP contribution in [-0.2, 0) is 7.59 Å². The first-order valence-corrected chi connectivity index (χ1v) is 14.0. The predicted octanol–water partition coefficient (Wildman–Crippen LogP) is 9.51. The summed E-state index contributed by atoms with van der Waals surface area (Å²) in [7, 11) is 0. The van der Waals surface area contributed by atoms with Crippen LogP contribution < -0.4 is 0 Å². The Morgan fingerprint density at radius 2 is 1.02 bits per heavy atom. The summed E-state index contributed by atoms with van der Waals surface area (Å²) in [6.45, 7) is 0. The summed E-state index contributed by atoms with van der Waals surface area (Å²) in [6.07, 6.45) is 0. The minimum Gasteiger partial charge on any atom is -0.475 e. The molecule has 2 aromatic carbocycles. The Morgan fingerprint density at radius 3 is 1.34 bits per heavy atom. The smallest absolute Gasteiger partial charge is 0.375 e. The van der Waals surface area contributed by atoms with Gasteiger partial charge in [0.05, 0.1) is 31.5 Å². The Kier molecular flexibility index (Phi) is 12.6. The van der Waals surface area contributed by atoms with Crippen molar-refractivity contribution in [1.82, 2.24) is 29.5 Å². The van der Waals surface area contributed by atoms with Gasteiger partial charge in [-0.2, -0.15) is 0 Å². The highest BCUT2D eigenvalue weighted by molar-refractivity contribution is 6.68. The summed E-state index contributed by atoms with van der Waals surface area (Å²) in [5.41, 5.74) is 0.776. The van der Waals surface area contributed by atoms with Gasteiger partial charge in [-0.15, -0.1) is 10.2 Å². The molecule has 41 heavy (non-hydrogen) atoms. The first kappa shape index (κ1) is 36.2. The molecule has 0 bridgehead atoms. The molecule has 220 valence electrons. The highest BCUT2D eigenvalue weighted by Crippen LogP contribution is 2.39. The van der Waals surface area contributed by atoms with Crippen molar-refractivity contribution in [3.05, 3.63) is 79.8 Å². The van der Waals surface area contributed by atoms with Crippen LogP contribution in [0, 0.1) is 0 Å². The lowest BCUT2D eigenvalue weighted by molar-refractivity contribution is 0.0683. The summed E-state index contributed by atoms with van der Waals surface area (Å²) in [5.74, 6) is -2.40. The highest BCUT2D eigenvalue weighted by atomic mass is 35.6. The van der Waals surface area contributed by atoms with Crippen molar-refractivity contribution in [2.75, 3.05) is 0 Å². The number of aromatic nitrogens is 6. The monoisotopic (exact) mass is 780 g/mol. The van der Waals surface area contributed by atoms with E-state index in [2.05, 4.69) is 20.2 Å². The van der Waals surface area contributed by atoms with Gasteiger partial charge in [-0.05, 0) is 48.0 Å². The Labute approximate surface area is 287 Å². The number of halogens is 11. The van der Waals surface area contributed by atoms with Crippen LogP contribution in [0.15, 0.2) is 36.4 Å². The van der Waals surface area contributed by atoms with Crippen LogP contribution >= 0.6 is 128 Å². The number of carboxylic acids is 1. The minimum atomic E-state index is -1.95. The fourth-order valence-electron chi connectivity index (χ4n) is 2.76. The molecule has 0 aliphatic carbocycles. The van der Waals surface area contributed by atoms with E-state index in [4.69, 9.17) is 133 Å². The lowest BCUT2D eigenvalue weighted by Crippen LogP contribution is -2.11. The lowest BCUT2D eigenvalue weighted by atomic mass is 10.3. The molecule has 0 amide bonds. The number of benzene rings is 2. The third-order valence-electron chi connectivity index (χ3n) is 4.38. The largest absolute Gasteiger partial charge is 0.475 e. The first-order chi connectivity index (χ1) is 18.4. The molecule has 0 atom stereocenters. The van der Waals surface area contributed by atoms with Gasteiger partial charge in [0.15, 0.2) is 11.6 Å². The summed E-state index contributed by atoms with van der Waals surface area (Å²) in [5, 5.41) is 16.9. The van der Waals surface area contributed by atoms with Gasteiger partial charge < -0.3 is 5.11 Å². The molecule has 0 saturated carbocycles. The molecule has 4 aromatic rings. The number of hydrogen-bond donors (Lipinski definition) is 1. The number of rotatable bonds is 4. The van der Waals surface area contributed by atoms with Crippen LogP contribution in [-0.4, -0.2) is 45.8 Å². The molecule has 0 unspecified atom stereocenters. The number of hydrogen-bond acceptors (Lipinski definition) is 6. The van der Waals surface area contributed by atoms with Crippen LogP contribution in [0.2, 0.25) is 20.1 Å². The number of alkyl halides is 6. The average Bonchev–Trinajstić information content (AvgIpc) is 3.49. The first-order valence-electron chi connectivity index (χ1n) is 9.82. The Hall–Kier alpha value is -0.950. The van der Waals surface area contributed by atoms with Gasteiger partial charge in [0.1, 0.15) is 0 Å². The molecule has 0 fully saturated rings. The van der Waals surface area contributed by atoms with Crippen molar-refractivity contribution in [2.24, 2.45) is 0 Å². The average molecular weight is 785 g/mol. The van der Waals surface area contributed by atoms with E-state index in [1.807, 2.05) is 0 Å². The number of nitrogens with zero attached hydrogens (tertiary/aromatic N) is 6. The second-order valence-electron chi connectivity index (χ2n) is 7.11. The Balaban J connectivity index is 0.000000280. The van der Waals surface area contributed by atoms with E-state index in [0.29, 0.717) is 21.4 Å². The van der Waals surface area contributed by atoms with E-state index < -0.39 is 24.6 Å². The SMILES string of the molecule is C.O=C(Cl)c1nc(C(Cl)(Cl)Cl)n(-c2ccc(Cl)c(Cl)c2)n1.O=C(O)c1nc(C(Cl)(Cl)Cl)n(-c2ccc(Cl)c(Cl)c2)n1. The molecule has 4 rings (SSSR count). The van der Waals surface area contributed by atoms with Gasteiger partial charge in [-0.3, -0.25) is 4.79 Å². The minimum absolute atomic E-state index is 0. The molecule has 9 nitrogen and oxygen atoms in total. The van der Waals surface area contributed by atoms with Crippen LogP contribution in [0.1, 0.15) is 40.3 Å². The molecular formula is C21H11Cl11N6O3. The van der Waals surface area contributed by atoms with E-state index in [0.717, 1.165) is 9.36 Å². The van der Waals surface area contributed by atoms with Crippen LogP contribution in [0.25, 0.3) is 11.4 Å². The molecule has 0 saturated heterocycles. The molecule has 0 spiro atoms. The molecule has 0 aliphatic heterocycles. The maximum Gasteiger partial charge on any atom is 0.375 e. The van der Waals surface area contributed by atoms with Crippen molar-refractivity contribution < 1.29 is 14.7 Å². The number of aromatic carboxylic acids is 1. The van der Waals surface area contributed by atoms with Crippen molar-refractivity contribution in [2.45, 2.75) is 15.0 Å². The maximum absolute atomic E-state index is 11.1. The highest BCUT2D eigenvalue weighted by Gasteiger charge is 2.34. The van der Waals surface area contributed by atoms with Gasteiger partial charge >= 0.3 is 5.97 Å². The summed E-state index contributed by atoms with van der Waals surface area (Å²) in [4.78, 5) is 29.6. The van der Waals surface area contributed by atoms with Crippen LogP contribution in [0.3, 0.4) is 0 Å². The van der Waals surface area contributed by atoms with Crippen molar-refractivity contribution in [3.63, 3.8) is 0 Å². The fraction of sp³-hybridized carbons (Fsp3) is 0.143. The molecule has 2 aromatic heterocycles. The summed E-state index contributed by atoms with van der Waals surface area (Å²) < 4.78 is -1.61. The van der Waals surface area contributed by atoms with Gasteiger partial charge in [0.2, 0.25) is 13.4 Å². The van der Waals surface area contributed by atoms with E-state index in [1.54, 1.807) is 6.07 Å². The third-order valence-corrected chi connectivity index (χ3v) is 7.05. The standard InChI is InChI=1S/C10H3Cl6N3O.C10H4Cl5N3O2.CH4/c11-5-2-1-4(3-6(5)12)19-9(10(14,15)16)17-8(18-19)7(13)20;11-5-2-1-4(3-6(5)12)18-9(10(13,14)15)16-7(17-18)8(19)20;/h1-3H;1-3H,(H,19,20);1H4. The summed E-state index contributed by atoms with van der Waals surface area (Å²) in [6, 6.07) is 9.08. The molecule has 0 radical (unpaired) electrons. The van der Waals surface area contributed by atoms with Crippen LogP contribution in [0.4, 0.5) is 0 Å². The normalized spacial score (nSPS) is 11.4. The lowest BCUT2D eigenvalue weighted by Gasteiger charge is -2.12. The molecule has 2 heterocycles. The van der Waals surface area contributed by atoms with Crippen molar-refractivity contribution in [3.8, 4) is 11.4 Å². The topological polar surface area (TPSA) is 116 Å². The Bertz CT molecular complexity index is 1480. The van der Waals surface area contributed by atoms with Crippen molar-refractivity contribution in [1.29, 1.82) is 0 Å². The summed E-state index contributed by atoms with van der Waals surface area (Å²) >= 11 is 63.4. The molecule has 1 N–H and O–H groups in total. The predicted molar refractivity (Wildman–Crippen MR) is 165 cm³/mol. The molecule has 20 heteroatoms.